The van der Waals surface area contributed by atoms with E-state index in [1.54, 1.807) is 0 Å². The first-order valence-electron chi connectivity index (χ1n) is 46.6. The van der Waals surface area contributed by atoms with E-state index in [2.05, 4.69) is 451 Å². The second-order valence-electron chi connectivity index (χ2n) is 33.5. The lowest BCUT2D eigenvalue weighted by molar-refractivity contribution is -0.139. The van der Waals surface area contributed by atoms with Gasteiger partial charge in [0.15, 0.2) is 0 Å². The van der Waals surface area contributed by atoms with E-state index in [0.29, 0.717) is 32.8 Å². The van der Waals surface area contributed by atoms with E-state index < -0.39 is 5.97 Å². The van der Waals surface area contributed by atoms with Crippen molar-refractivity contribution in [3.05, 3.63) is 501 Å². The second-order valence-corrected chi connectivity index (χ2v) is 33.5. The lowest BCUT2D eigenvalue weighted by atomic mass is 10.0. The van der Waals surface area contributed by atoms with Crippen molar-refractivity contribution in [1.82, 2.24) is 0 Å². The van der Waals surface area contributed by atoms with E-state index in [4.69, 9.17) is 23.7 Å². The number of hydrogen-bond acceptors (Lipinski definition) is 13. The van der Waals surface area contributed by atoms with Gasteiger partial charge in [-0.25, -0.2) is 19.2 Å². The van der Waals surface area contributed by atoms with Crippen molar-refractivity contribution in [2.75, 3.05) is 52.6 Å². The molecule has 13 nitrogen and oxygen atoms in total. The first-order valence-corrected chi connectivity index (χ1v) is 46.6. The van der Waals surface area contributed by atoms with Crippen LogP contribution in [-0.2, 0) is 57.4 Å². The first-order chi connectivity index (χ1) is 67.3. The van der Waals surface area contributed by atoms with Crippen molar-refractivity contribution < 1.29 is 42.9 Å². The van der Waals surface area contributed by atoms with Gasteiger partial charge in [0, 0.05) is 99.0 Å². The van der Waals surface area contributed by atoms with Crippen molar-refractivity contribution in [1.29, 1.82) is 0 Å². The molecular formula is C125H118N4O9. The Morgan fingerprint density at radius 2 is 0.399 bits per heavy atom. The molecule has 0 unspecified atom stereocenters. The van der Waals surface area contributed by atoms with Crippen LogP contribution in [-0.4, -0.2) is 56.9 Å². The van der Waals surface area contributed by atoms with Gasteiger partial charge in [-0.05, 0) is 293 Å². The maximum absolute atomic E-state index is 11.2. The largest absolute Gasteiger partial charge is 0.490 e. The molecule has 0 N–H and O–H groups in total. The van der Waals surface area contributed by atoms with Crippen molar-refractivity contribution in [3.63, 3.8) is 0 Å². The molecule has 0 atom stereocenters. The summed E-state index contributed by atoms with van der Waals surface area (Å²) in [7, 11) is 0. The smallest absolute Gasteiger partial charge is 0.330 e. The van der Waals surface area contributed by atoms with Crippen LogP contribution in [0.15, 0.2) is 451 Å². The SMILES string of the molecule is C=CC(=O)OCCCCc1ccc(-c2ccc(N(c3ccc(C)cc3)c3ccc(C)cc3)cc2)cc1.C=CC(=O)OCCCc1ccc(-c2ccc(N(c3ccccc3)c3ccc(C)cc3)cc2)cc1.C=CC(=O)OCCOc1ccc(-c2ccc(N(c3ccc(C)cc3)c3ccc(C)cc3)cc2)cc1.C=CC(=O)OCCc1ccc(-c2ccc(N(c3ccccc3)c3ccc(C)cc3)cc2)cc1. The number of rotatable bonds is 36. The molecule has 0 heterocycles. The van der Waals surface area contributed by atoms with E-state index in [1.807, 2.05) is 36.4 Å². The number of carbonyl (C=O) groups is 4. The van der Waals surface area contributed by atoms with E-state index >= 15 is 0 Å². The molecule has 16 rings (SSSR count). The van der Waals surface area contributed by atoms with Crippen LogP contribution in [0.25, 0.3) is 44.5 Å². The third-order valence-electron chi connectivity index (χ3n) is 23.2. The van der Waals surface area contributed by atoms with Crippen molar-refractivity contribution in [2.24, 2.45) is 0 Å². The van der Waals surface area contributed by atoms with E-state index in [1.165, 1.54) is 85.0 Å². The Morgan fingerprint density at radius 3 is 0.652 bits per heavy atom. The Labute approximate surface area is 813 Å². The monoisotopic (exact) mass is 1820 g/mol. The number of aryl methyl sites for hydroxylation is 8. The van der Waals surface area contributed by atoms with Gasteiger partial charge in [0.05, 0.1) is 19.8 Å². The maximum atomic E-state index is 11.2. The van der Waals surface area contributed by atoms with Gasteiger partial charge < -0.3 is 43.3 Å². The van der Waals surface area contributed by atoms with Gasteiger partial charge in [0.25, 0.3) is 0 Å². The summed E-state index contributed by atoms with van der Waals surface area (Å²) in [6.45, 7) is 27.9. The van der Waals surface area contributed by atoms with Gasteiger partial charge in [-0.15, -0.1) is 0 Å². The summed E-state index contributed by atoms with van der Waals surface area (Å²) in [6, 6.07) is 141. The predicted octanol–water partition coefficient (Wildman–Crippen LogP) is 31.2. The van der Waals surface area contributed by atoms with Crippen LogP contribution in [0.1, 0.15) is 69.3 Å². The average molecular weight is 1820 g/mol. The van der Waals surface area contributed by atoms with Gasteiger partial charge in [-0.3, -0.25) is 0 Å². The number of carbonyl (C=O) groups excluding carboxylic acids is 4. The number of benzene rings is 16. The summed E-state index contributed by atoms with van der Waals surface area (Å²) in [5.41, 5.74) is 33.8. The Bertz CT molecular complexity index is 6470. The molecule has 0 saturated heterocycles. The van der Waals surface area contributed by atoms with Crippen LogP contribution < -0.4 is 24.3 Å². The van der Waals surface area contributed by atoms with Crippen LogP contribution in [0.3, 0.4) is 0 Å². The summed E-state index contributed by atoms with van der Waals surface area (Å²) in [5.74, 6) is -0.833. The predicted molar refractivity (Wildman–Crippen MR) is 570 cm³/mol. The summed E-state index contributed by atoms with van der Waals surface area (Å²) < 4.78 is 25.7. The van der Waals surface area contributed by atoms with Crippen LogP contribution >= 0.6 is 0 Å². The highest BCUT2D eigenvalue weighted by atomic mass is 16.6. The Balaban J connectivity index is 0.000000155. The zero-order chi connectivity index (χ0) is 96.8. The zero-order valence-electron chi connectivity index (χ0n) is 79.5. The van der Waals surface area contributed by atoms with Gasteiger partial charge in [0.2, 0.25) is 0 Å². The molecule has 692 valence electrons. The minimum atomic E-state index is -0.448. The molecule has 16 aromatic rings. The third-order valence-corrected chi connectivity index (χ3v) is 23.2. The second kappa shape index (κ2) is 51.0. The number of anilines is 12. The van der Waals surface area contributed by atoms with Crippen molar-refractivity contribution in [3.8, 4) is 50.3 Å². The van der Waals surface area contributed by atoms with Crippen molar-refractivity contribution >= 4 is 92.1 Å². The van der Waals surface area contributed by atoms with E-state index in [9.17, 15) is 19.2 Å². The molecule has 0 spiro atoms. The minimum absolute atomic E-state index is 0.187. The average Bonchev–Trinajstić information content (AvgIpc) is 0.803. The van der Waals surface area contributed by atoms with Gasteiger partial charge in [0.1, 0.15) is 19.0 Å². The number of hydrogen-bond donors (Lipinski definition) is 0. The maximum Gasteiger partial charge on any atom is 0.330 e. The lowest BCUT2D eigenvalue weighted by Gasteiger charge is -2.26. The topological polar surface area (TPSA) is 127 Å². The summed E-state index contributed by atoms with van der Waals surface area (Å²) >= 11 is 0. The van der Waals surface area contributed by atoms with Crippen LogP contribution in [0.2, 0.25) is 0 Å². The van der Waals surface area contributed by atoms with E-state index in [0.717, 1.165) is 140 Å². The Morgan fingerprint density at radius 1 is 0.203 bits per heavy atom. The highest BCUT2D eigenvalue weighted by Gasteiger charge is 2.19. The summed E-state index contributed by atoms with van der Waals surface area (Å²) in [4.78, 5) is 53.6. The molecule has 0 bridgehead atoms. The zero-order valence-corrected chi connectivity index (χ0v) is 79.5. The Kier molecular flexibility index (Phi) is 36.5. The quantitative estimate of drug-likeness (QED) is 0.0160. The Hall–Kier alpha value is -16.6. The molecule has 0 fully saturated rings. The fourth-order valence-corrected chi connectivity index (χ4v) is 15.5. The number of esters is 4. The highest BCUT2D eigenvalue weighted by molar-refractivity contribution is 5.86. The number of para-hydroxylation sites is 2. The fourth-order valence-electron chi connectivity index (χ4n) is 15.5. The minimum Gasteiger partial charge on any atom is -0.490 e. The molecule has 138 heavy (non-hydrogen) atoms. The molecule has 0 saturated carbocycles. The third kappa shape index (κ3) is 29.2. The lowest BCUT2D eigenvalue weighted by Crippen LogP contribution is -2.10. The number of ether oxygens (including phenoxy) is 5. The van der Waals surface area contributed by atoms with Crippen LogP contribution in [0, 0.1) is 41.5 Å². The molecular weight excluding hydrogens is 1700 g/mol. The number of unbranched alkanes of at least 4 members (excludes halogenated alkanes) is 1. The van der Waals surface area contributed by atoms with Gasteiger partial charge >= 0.3 is 23.9 Å². The highest BCUT2D eigenvalue weighted by Crippen LogP contribution is 2.42. The summed E-state index contributed by atoms with van der Waals surface area (Å²) in [5, 5.41) is 0. The molecule has 0 aliphatic rings. The first kappa shape index (κ1) is 98.9. The van der Waals surface area contributed by atoms with E-state index in [-0.39, 0.29) is 24.5 Å². The number of nitrogens with zero attached hydrogens (tertiary/aromatic N) is 4. The molecule has 0 radical (unpaired) electrons. The summed E-state index contributed by atoms with van der Waals surface area (Å²) in [6.07, 6.45) is 9.86. The van der Waals surface area contributed by atoms with Gasteiger partial charge in [-0.1, -0.05) is 302 Å². The molecule has 0 aromatic heterocycles. The standard InChI is InChI=1S/C33H33NO2.C31H29NO3.C31H29NO2.C30H27NO2/c1-4-33(35)36-24-6-5-7-27-12-14-28(15-13-27)29-16-22-32(23-17-29)34(30-18-8-25(2)9-19-30)31-20-10-26(3)11-21-31;1-4-31(33)35-22-21-34-30-19-11-26(12-20-30)25-9-17-29(18-10-25)32(27-13-5-23(2)6-14-27)28-15-7-24(3)8-16-28;1-3-31(33)34-23-7-8-25-13-15-26(16-14-25)27-17-21-30(22-18-27)32(28-9-5-4-6-10-28)29-19-11-24(2)12-20-29;1-3-30(32)33-22-21-24-11-13-25(14-12-24)26-15-19-29(20-16-26)31(27-7-5-4-6-8-27)28-17-9-23(2)10-18-28/h4,8-23H,1,5-7,24H2,2-3H3;4-20H,1,21-22H2,2-3H3;3-6,9-22H,1,7-8,23H2,2H3;3-20H,1,21-22H2,2H3. The van der Waals surface area contributed by atoms with Gasteiger partial charge in [-0.2, -0.15) is 0 Å². The van der Waals surface area contributed by atoms with Crippen LogP contribution in [0.4, 0.5) is 68.2 Å². The normalized spacial score (nSPS) is 10.5. The fraction of sp³-hybridized carbons (Fsp3) is 0.136. The molecule has 0 aliphatic carbocycles. The molecule has 0 aliphatic heterocycles. The van der Waals surface area contributed by atoms with Crippen molar-refractivity contribution in [2.45, 2.75) is 80.1 Å². The molecule has 0 amide bonds. The molecule has 13 heteroatoms. The van der Waals surface area contributed by atoms with Crippen LogP contribution in [0.5, 0.6) is 5.75 Å². The molecule has 16 aromatic carbocycles.